The maximum Gasteiger partial charge on any atom is 0.335 e. The number of carbonyl (C=O) groups is 1. The average Bonchev–Trinajstić information content (AvgIpc) is 2.26. The predicted octanol–water partition coefficient (Wildman–Crippen LogP) is 2.92. The smallest absolute Gasteiger partial charge is 0.335 e. The Morgan fingerprint density at radius 3 is 2.28 bits per heavy atom. The third-order valence-electron chi connectivity index (χ3n) is 2.96. The van der Waals surface area contributed by atoms with Gasteiger partial charge in [-0.15, -0.1) is 0 Å². The highest BCUT2D eigenvalue weighted by Crippen LogP contribution is 2.25. The SMILES string of the molecule is CC(C)N(C)c1cc(C(=O)O)cc(C(C)(C)C)n1. The molecule has 0 saturated carbocycles. The summed E-state index contributed by atoms with van der Waals surface area (Å²) >= 11 is 0. The van der Waals surface area contributed by atoms with Crippen LogP contribution in [0.15, 0.2) is 12.1 Å². The van der Waals surface area contributed by atoms with Crippen molar-refractivity contribution in [2.45, 2.75) is 46.1 Å². The Hall–Kier alpha value is -1.58. The van der Waals surface area contributed by atoms with Gasteiger partial charge in [0.05, 0.1) is 5.56 Å². The highest BCUT2D eigenvalue weighted by atomic mass is 16.4. The number of hydrogen-bond acceptors (Lipinski definition) is 3. The molecule has 0 aliphatic rings. The first-order valence-corrected chi connectivity index (χ1v) is 6.11. The number of aromatic nitrogens is 1. The van der Waals surface area contributed by atoms with E-state index in [1.807, 2.05) is 46.6 Å². The molecule has 1 rings (SSSR count). The van der Waals surface area contributed by atoms with Crippen molar-refractivity contribution in [1.82, 2.24) is 4.98 Å². The Bertz CT molecular complexity index is 448. The first-order chi connectivity index (χ1) is 8.12. The second kappa shape index (κ2) is 4.96. The molecule has 1 heterocycles. The molecule has 4 nitrogen and oxygen atoms in total. The summed E-state index contributed by atoms with van der Waals surface area (Å²) in [6.07, 6.45) is 0. The summed E-state index contributed by atoms with van der Waals surface area (Å²) in [5.74, 6) is -0.212. The third kappa shape index (κ3) is 3.22. The number of carboxylic acids is 1. The third-order valence-corrected chi connectivity index (χ3v) is 2.96. The molecule has 0 aromatic carbocycles. The number of anilines is 1. The van der Waals surface area contributed by atoms with Crippen LogP contribution in [0.5, 0.6) is 0 Å². The Morgan fingerprint density at radius 2 is 1.89 bits per heavy atom. The largest absolute Gasteiger partial charge is 0.478 e. The highest BCUT2D eigenvalue weighted by Gasteiger charge is 2.20. The second-order valence-electron chi connectivity index (χ2n) is 5.86. The lowest BCUT2D eigenvalue weighted by molar-refractivity contribution is 0.0696. The molecule has 0 atom stereocenters. The van der Waals surface area contributed by atoms with Gasteiger partial charge >= 0.3 is 5.97 Å². The van der Waals surface area contributed by atoms with Crippen molar-refractivity contribution in [3.8, 4) is 0 Å². The predicted molar refractivity (Wildman–Crippen MR) is 73.4 cm³/mol. The fourth-order valence-corrected chi connectivity index (χ4v) is 1.47. The zero-order valence-electron chi connectivity index (χ0n) is 12.0. The van der Waals surface area contributed by atoms with Gasteiger partial charge in [-0.2, -0.15) is 0 Å². The van der Waals surface area contributed by atoms with Gasteiger partial charge < -0.3 is 10.0 Å². The zero-order chi connectivity index (χ0) is 14.1. The maximum atomic E-state index is 11.2. The standard InChI is InChI=1S/C14H22N2O2/c1-9(2)16(6)12-8-10(13(17)18)7-11(15-12)14(3,4)5/h7-9H,1-6H3,(H,17,18). The summed E-state index contributed by atoms with van der Waals surface area (Å²) in [5, 5.41) is 9.17. The number of carboxylic acid groups (broad SMARTS) is 1. The van der Waals surface area contributed by atoms with Gasteiger partial charge in [-0.05, 0) is 26.0 Å². The van der Waals surface area contributed by atoms with Crippen LogP contribution in [-0.2, 0) is 5.41 Å². The maximum absolute atomic E-state index is 11.2. The number of hydrogen-bond donors (Lipinski definition) is 1. The van der Waals surface area contributed by atoms with Crippen molar-refractivity contribution in [1.29, 1.82) is 0 Å². The van der Waals surface area contributed by atoms with Gasteiger partial charge in [-0.25, -0.2) is 9.78 Å². The molecule has 1 N–H and O–H groups in total. The van der Waals surface area contributed by atoms with Crippen LogP contribution in [0.1, 0.15) is 50.7 Å². The summed E-state index contributed by atoms with van der Waals surface area (Å²) in [4.78, 5) is 17.7. The van der Waals surface area contributed by atoms with E-state index in [4.69, 9.17) is 0 Å². The lowest BCUT2D eigenvalue weighted by Gasteiger charge is -2.26. The Balaban J connectivity index is 3.36. The minimum atomic E-state index is -0.915. The summed E-state index contributed by atoms with van der Waals surface area (Å²) in [5.41, 5.74) is 0.917. The molecule has 4 heteroatoms. The van der Waals surface area contributed by atoms with Gasteiger partial charge in [0.25, 0.3) is 0 Å². The van der Waals surface area contributed by atoms with E-state index in [1.165, 1.54) is 0 Å². The monoisotopic (exact) mass is 250 g/mol. The van der Waals surface area contributed by atoms with Crippen LogP contribution in [0.25, 0.3) is 0 Å². The minimum Gasteiger partial charge on any atom is -0.478 e. The van der Waals surface area contributed by atoms with Crippen LogP contribution in [0.2, 0.25) is 0 Å². The van der Waals surface area contributed by atoms with Crippen LogP contribution in [0.3, 0.4) is 0 Å². The Kier molecular flexibility index (Phi) is 3.99. The van der Waals surface area contributed by atoms with Crippen molar-refractivity contribution in [3.05, 3.63) is 23.4 Å². The molecule has 0 saturated heterocycles. The fraction of sp³-hybridized carbons (Fsp3) is 0.571. The molecular weight excluding hydrogens is 228 g/mol. The molecule has 0 aliphatic heterocycles. The van der Waals surface area contributed by atoms with E-state index in [0.29, 0.717) is 5.82 Å². The molecule has 1 aromatic rings. The highest BCUT2D eigenvalue weighted by molar-refractivity contribution is 5.88. The van der Waals surface area contributed by atoms with Crippen molar-refractivity contribution in [2.24, 2.45) is 0 Å². The second-order valence-corrected chi connectivity index (χ2v) is 5.86. The van der Waals surface area contributed by atoms with Crippen molar-refractivity contribution < 1.29 is 9.90 Å². The van der Waals surface area contributed by atoms with Crippen molar-refractivity contribution >= 4 is 11.8 Å². The average molecular weight is 250 g/mol. The molecule has 0 aliphatic carbocycles. The quantitative estimate of drug-likeness (QED) is 0.896. The van der Waals surface area contributed by atoms with Crippen LogP contribution in [-0.4, -0.2) is 29.1 Å². The first-order valence-electron chi connectivity index (χ1n) is 6.11. The van der Waals surface area contributed by atoms with Gasteiger partial charge in [0.15, 0.2) is 0 Å². The van der Waals surface area contributed by atoms with E-state index >= 15 is 0 Å². The van der Waals surface area contributed by atoms with E-state index in [1.54, 1.807) is 12.1 Å². The number of pyridine rings is 1. The first kappa shape index (κ1) is 14.5. The molecule has 100 valence electrons. The molecule has 18 heavy (non-hydrogen) atoms. The van der Waals surface area contributed by atoms with E-state index in [9.17, 15) is 9.90 Å². The topological polar surface area (TPSA) is 53.4 Å². The molecule has 1 aromatic heterocycles. The lowest BCUT2D eigenvalue weighted by atomic mass is 9.90. The van der Waals surface area contributed by atoms with Gasteiger partial charge in [0.1, 0.15) is 5.82 Å². The number of aromatic carboxylic acids is 1. The molecule has 0 unspecified atom stereocenters. The van der Waals surface area contributed by atoms with E-state index < -0.39 is 5.97 Å². The molecule has 0 amide bonds. The molecule has 0 fully saturated rings. The molecule has 0 bridgehead atoms. The van der Waals surface area contributed by atoms with Gasteiger partial charge in [-0.1, -0.05) is 20.8 Å². The van der Waals surface area contributed by atoms with Crippen LogP contribution in [0.4, 0.5) is 5.82 Å². The Labute approximate surface area is 109 Å². The van der Waals surface area contributed by atoms with Crippen molar-refractivity contribution in [3.63, 3.8) is 0 Å². The van der Waals surface area contributed by atoms with E-state index in [0.717, 1.165) is 5.69 Å². The van der Waals surface area contributed by atoms with Crippen LogP contribution >= 0.6 is 0 Å². The lowest BCUT2D eigenvalue weighted by Crippen LogP contribution is -2.28. The zero-order valence-corrected chi connectivity index (χ0v) is 12.0. The summed E-state index contributed by atoms with van der Waals surface area (Å²) in [6, 6.07) is 3.55. The summed E-state index contributed by atoms with van der Waals surface area (Å²) in [7, 11) is 1.92. The summed E-state index contributed by atoms with van der Waals surface area (Å²) < 4.78 is 0. The van der Waals surface area contributed by atoms with Crippen LogP contribution < -0.4 is 4.90 Å². The van der Waals surface area contributed by atoms with E-state index in [-0.39, 0.29) is 17.0 Å². The van der Waals surface area contributed by atoms with Crippen molar-refractivity contribution in [2.75, 3.05) is 11.9 Å². The minimum absolute atomic E-state index is 0.169. The fourth-order valence-electron chi connectivity index (χ4n) is 1.47. The van der Waals surface area contributed by atoms with E-state index in [2.05, 4.69) is 4.98 Å². The number of nitrogens with zero attached hydrogens (tertiary/aromatic N) is 2. The van der Waals surface area contributed by atoms with Crippen LogP contribution in [0, 0.1) is 0 Å². The normalized spacial score (nSPS) is 11.7. The summed E-state index contributed by atoms with van der Waals surface area (Å²) in [6.45, 7) is 10.2. The van der Waals surface area contributed by atoms with Gasteiger partial charge in [-0.3, -0.25) is 0 Å². The molecular formula is C14H22N2O2. The molecule has 0 spiro atoms. The molecule has 0 radical (unpaired) electrons. The van der Waals surface area contributed by atoms with Gasteiger partial charge in [0.2, 0.25) is 0 Å². The van der Waals surface area contributed by atoms with Gasteiger partial charge in [0, 0.05) is 24.2 Å². The number of rotatable bonds is 3. The Morgan fingerprint density at radius 1 is 1.33 bits per heavy atom.